The first-order valence-corrected chi connectivity index (χ1v) is 21.5. The second kappa shape index (κ2) is 16.3. The van der Waals surface area contributed by atoms with Gasteiger partial charge in [0.2, 0.25) is 27.6 Å². The molecule has 4 N–H and O–H groups in total. The van der Waals surface area contributed by atoms with E-state index in [0.29, 0.717) is 50.6 Å². The Kier molecular flexibility index (Phi) is 12.7. The fraction of sp³-hybridized carbons (Fsp3) is 0.868. The number of carbonyl (C=O) groups is 5. The van der Waals surface area contributed by atoms with E-state index in [4.69, 9.17) is 0 Å². The zero-order chi connectivity index (χ0) is 38.0. The smallest absolute Gasteiger partial charge is 0.315 e. The second-order valence-corrected chi connectivity index (χ2v) is 20.2. The standard InChI is InChI=1S/C38H64N6O7S/c1-24(2)28-18-21-44(30(28)33(46)40-29(17-14-25-10-11-25)31(45)34(47)39-27-15-16-27)35(48)32(37(3,4)5)41-36(49)42-38(19-8-7-9-20-38)23-52(50,51)43(6)22-26-12-13-26/h24-30,32H,7-23H2,1-6H3,(H,39,47)(H,40,46)(H2,41,42,49)/t28-,29+,30+,32-/m1/s1. The Hall–Kier alpha value is -2.74. The first kappa shape index (κ1) is 40.4. The van der Waals surface area contributed by atoms with Crippen LogP contribution in [0.4, 0.5) is 4.79 Å². The molecule has 4 aliphatic carbocycles. The molecular weight excluding hydrogens is 685 g/mol. The highest BCUT2D eigenvalue weighted by atomic mass is 32.2. The average Bonchev–Trinajstić information content (AvgIpc) is 3.95. The summed E-state index contributed by atoms with van der Waals surface area (Å²) in [7, 11) is -2.03. The molecule has 1 heterocycles. The van der Waals surface area contributed by atoms with Crippen LogP contribution < -0.4 is 21.3 Å². The Morgan fingerprint density at radius 2 is 1.52 bits per heavy atom. The van der Waals surface area contributed by atoms with Crippen LogP contribution in [0.1, 0.15) is 125 Å². The van der Waals surface area contributed by atoms with Gasteiger partial charge in [-0.2, -0.15) is 0 Å². The van der Waals surface area contributed by atoms with E-state index in [1.54, 1.807) is 7.05 Å². The van der Waals surface area contributed by atoms with Gasteiger partial charge < -0.3 is 26.2 Å². The number of nitrogens with one attached hydrogen (secondary N) is 4. The molecule has 5 aliphatic rings. The average molecular weight is 749 g/mol. The van der Waals surface area contributed by atoms with Crippen LogP contribution in [-0.2, 0) is 29.2 Å². The maximum absolute atomic E-state index is 14.6. The first-order chi connectivity index (χ1) is 24.4. The molecule has 1 aliphatic heterocycles. The third-order valence-corrected chi connectivity index (χ3v) is 13.9. The van der Waals surface area contributed by atoms with Gasteiger partial charge in [0.05, 0.1) is 17.3 Å². The Labute approximate surface area is 311 Å². The predicted octanol–water partition coefficient (Wildman–Crippen LogP) is 3.47. The highest BCUT2D eigenvalue weighted by Crippen LogP contribution is 2.36. The molecule has 0 spiro atoms. The highest BCUT2D eigenvalue weighted by molar-refractivity contribution is 7.89. The van der Waals surface area contributed by atoms with E-state index in [9.17, 15) is 32.4 Å². The number of nitrogens with zero attached hydrogens (tertiary/aromatic N) is 2. The van der Waals surface area contributed by atoms with Crippen LogP contribution in [0.15, 0.2) is 0 Å². The summed E-state index contributed by atoms with van der Waals surface area (Å²) in [5, 5.41) is 11.6. The van der Waals surface area contributed by atoms with Crippen molar-refractivity contribution in [2.75, 3.05) is 25.9 Å². The van der Waals surface area contributed by atoms with Crippen LogP contribution in [0.5, 0.6) is 0 Å². The lowest BCUT2D eigenvalue weighted by atomic mass is 9.83. The quantitative estimate of drug-likeness (QED) is 0.165. The summed E-state index contributed by atoms with van der Waals surface area (Å²) in [6.45, 7) is 10.3. The fourth-order valence-electron chi connectivity index (χ4n) is 8.07. The molecule has 4 atom stereocenters. The molecule has 5 rings (SSSR count). The third kappa shape index (κ3) is 10.7. The lowest BCUT2D eigenvalue weighted by Gasteiger charge is -2.40. The molecule has 52 heavy (non-hydrogen) atoms. The van der Waals surface area contributed by atoms with Crippen LogP contribution in [0.25, 0.3) is 0 Å². The minimum Gasteiger partial charge on any atom is -0.347 e. The summed E-state index contributed by atoms with van der Waals surface area (Å²) in [4.78, 5) is 70.3. The first-order valence-electron chi connectivity index (χ1n) is 19.9. The van der Waals surface area contributed by atoms with E-state index in [-0.39, 0.29) is 23.6 Å². The number of Topliss-reactive ketones (excluding diaryl/α,β-unsaturated/α-hetero) is 1. The SMILES string of the molecule is CC(C)[C@H]1CCN(C(=O)[C@@H](NC(=O)NC2(CS(=O)(=O)N(C)CC3CC3)CCCCC2)C(C)(C)C)[C@@H]1C(=O)N[C@@H](CCC1CC1)C(=O)C(=O)NC1CC1. The molecule has 13 nitrogen and oxygen atoms in total. The molecule has 1 saturated heterocycles. The Balaban J connectivity index is 1.31. The summed E-state index contributed by atoms with van der Waals surface area (Å²) in [5.74, 6) is -1.66. The van der Waals surface area contributed by atoms with Crippen molar-refractivity contribution >= 4 is 39.6 Å². The number of carbonyl (C=O) groups excluding carboxylic acids is 5. The van der Waals surface area contributed by atoms with Gasteiger partial charge in [-0.3, -0.25) is 19.2 Å². The van der Waals surface area contributed by atoms with Gasteiger partial charge >= 0.3 is 6.03 Å². The molecule has 14 heteroatoms. The zero-order valence-corrected chi connectivity index (χ0v) is 33.1. The molecule has 0 unspecified atom stereocenters. The van der Waals surface area contributed by atoms with Crippen LogP contribution in [-0.4, -0.2) is 103 Å². The second-order valence-electron chi connectivity index (χ2n) is 18.1. The molecule has 0 aromatic rings. The monoisotopic (exact) mass is 748 g/mol. The van der Waals surface area contributed by atoms with E-state index in [1.807, 2.05) is 34.6 Å². The van der Waals surface area contributed by atoms with Crippen molar-refractivity contribution in [1.82, 2.24) is 30.5 Å². The van der Waals surface area contributed by atoms with Gasteiger partial charge in [-0.25, -0.2) is 17.5 Å². The number of sulfonamides is 1. The molecule has 0 aromatic heterocycles. The van der Waals surface area contributed by atoms with Crippen molar-refractivity contribution in [3.05, 3.63) is 0 Å². The molecule has 294 valence electrons. The largest absolute Gasteiger partial charge is 0.347 e. The summed E-state index contributed by atoms with van der Waals surface area (Å²) >= 11 is 0. The van der Waals surface area contributed by atoms with Gasteiger partial charge in [0.15, 0.2) is 0 Å². The van der Waals surface area contributed by atoms with Crippen molar-refractivity contribution in [3.8, 4) is 0 Å². The fourth-order valence-corrected chi connectivity index (χ4v) is 9.79. The molecule has 4 saturated carbocycles. The number of amides is 5. The van der Waals surface area contributed by atoms with Gasteiger partial charge in [-0.15, -0.1) is 0 Å². The third-order valence-electron chi connectivity index (χ3n) is 11.9. The van der Waals surface area contributed by atoms with Crippen molar-refractivity contribution in [2.24, 2.45) is 29.1 Å². The summed E-state index contributed by atoms with van der Waals surface area (Å²) in [5.41, 5.74) is -1.72. The maximum Gasteiger partial charge on any atom is 0.315 e. The zero-order valence-electron chi connectivity index (χ0n) is 32.3. The van der Waals surface area contributed by atoms with E-state index < -0.39 is 68.6 Å². The van der Waals surface area contributed by atoms with Gasteiger partial charge in [0, 0.05) is 26.2 Å². The number of hydrogen-bond donors (Lipinski definition) is 4. The van der Waals surface area contributed by atoms with Crippen molar-refractivity contribution in [3.63, 3.8) is 0 Å². The van der Waals surface area contributed by atoms with Crippen molar-refractivity contribution in [2.45, 2.75) is 154 Å². The van der Waals surface area contributed by atoms with Gasteiger partial charge in [0.1, 0.15) is 12.1 Å². The topological polar surface area (TPSA) is 174 Å². The van der Waals surface area contributed by atoms with Gasteiger partial charge in [0.25, 0.3) is 5.91 Å². The Morgan fingerprint density at radius 1 is 0.885 bits per heavy atom. The molecular formula is C38H64N6O7S. The lowest BCUT2D eigenvalue weighted by Crippen LogP contribution is -2.64. The van der Waals surface area contributed by atoms with Crippen molar-refractivity contribution in [1.29, 1.82) is 0 Å². The van der Waals surface area contributed by atoms with Crippen LogP contribution >= 0.6 is 0 Å². The molecule has 0 radical (unpaired) electrons. The van der Waals surface area contributed by atoms with E-state index in [0.717, 1.165) is 64.2 Å². The summed E-state index contributed by atoms with van der Waals surface area (Å²) in [6, 6.07) is -3.49. The van der Waals surface area contributed by atoms with Crippen molar-refractivity contribution < 1.29 is 32.4 Å². The molecule has 0 aromatic carbocycles. The predicted molar refractivity (Wildman–Crippen MR) is 198 cm³/mol. The van der Waals surface area contributed by atoms with E-state index in [2.05, 4.69) is 21.3 Å². The van der Waals surface area contributed by atoms with Crippen LogP contribution in [0.3, 0.4) is 0 Å². The van der Waals surface area contributed by atoms with E-state index >= 15 is 0 Å². The van der Waals surface area contributed by atoms with Gasteiger partial charge in [-0.05, 0) is 86.9 Å². The molecule has 5 fully saturated rings. The highest BCUT2D eigenvalue weighted by Gasteiger charge is 2.49. The van der Waals surface area contributed by atoms with Crippen LogP contribution in [0, 0.1) is 29.1 Å². The van der Waals surface area contributed by atoms with Crippen LogP contribution in [0.2, 0.25) is 0 Å². The number of hydrogen-bond acceptors (Lipinski definition) is 7. The number of urea groups is 1. The normalized spacial score (nSPS) is 24.7. The number of ketones is 1. The maximum atomic E-state index is 14.6. The lowest BCUT2D eigenvalue weighted by molar-refractivity contribution is -0.145. The molecule has 5 amide bonds. The summed E-state index contributed by atoms with van der Waals surface area (Å²) < 4.78 is 28.4. The Bertz CT molecular complexity index is 1440. The minimum atomic E-state index is -3.64. The number of rotatable bonds is 17. The van der Waals surface area contributed by atoms with Gasteiger partial charge in [-0.1, -0.05) is 66.7 Å². The van der Waals surface area contributed by atoms with E-state index in [1.165, 1.54) is 9.21 Å². The summed E-state index contributed by atoms with van der Waals surface area (Å²) in [6.07, 6.45) is 11.1. The Morgan fingerprint density at radius 3 is 2.08 bits per heavy atom. The minimum absolute atomic E-state index is 0.00888. The number of likely N-dealkylation sites (tertiary alicyclic amines) is 1. The molecule has 0 bridgehead atoms.